The van der Waals surface area contributed by atoms with Crippen LogP contribution in [0.15, 0.2) is 9.98 Å². The standard InChI is InChI=1S/C16H23N5O4/c22-11-17-13-7-3-1-5-9-20-10-6-2-4-8-14(18-12-23)21(16(20)25)15(24)19-13/h13-14H,1-10H2,(H,19,24). The maximum Gasteiger partial charge on any atom is 0.329 e. The maximum atomic E-state index is 12.9. The van der Waals surface area contributed by atoms with E-state index in [1.807, 2.05) is 0 Å². The largest absolute Gasteiger partial charge is 0.329 e. The Bertz CT molecular complexity index is 583. The van der Waals surface area contributed by atoms with Crippen molar-refractivity contribution in [3.05, 3.63) is 0 Å². The van der Waals surface area contributed by atoms with E-state index in [0.717, 1.165) is 43.4 Å². The molecule has 0 saturated carbocycles. The highest BCUT2D eigenvalue weighted by Crippen LogP contribution is 2.20. The fourth-order valence-electron chi connectivity index (χ4n) is 3.19. The van der Waals surface area contributed by atoms with Crippen molar-refractivity contribution in [1.82, 2.24) is 15.1 Å². The maximum absolute atomic E-state index is 12.9. The summed E-state index contributed by atoms with van der Waals surface area (Å²) in [7, 11) is 0. The zero-order valence-corrected chi connectivity index (χ0v) is 14.1. The van der Waals surface area contributed by atoms with Crippen LogP contribution in [0.3, 0.4) is 0 Å². The van der Waals surface area contributed by atoms with Crippen LogP contribution < -0.4 is 5.32 Å². The minimum absolute atomic E-state index is 0.407. The van der Waals surface area contributed by atoms with Crippen molar-refractivity contribution in [1.29, 1.82) is 0 Å². The highest BCUT2D eigenvalue weighted by Gasteiger charge is 2.35. The number of urea groups is 2. The summed E-state index contributed by atoms with van der Waals surface area (Å²) in [5, 5.41) is 2.58. The monoisotopic (exact) mass is 349 g/mol. The zero-order valence-electron chi connectivity index (χ0n) is 14.1. The first-order valence-electron chi connectivity index (χ1n) is 8.70. The average Bonchev–Trinajstić information content (AvgIpc) is 2.63. The quantitative estimate of drug-likeness (QED) is 0.606. The Morgan fingerprint density at radius 1 is 0.880 bits per heavy atom. The molecule has 0 aromatic rings. The summed E-state index contributed by atoms with van der Waals surface area (Å²) in [5.41, 5.74) is 0. The fraction of sp³-hybridized carbons (Fsp3) is 0.750. The van der Waals surface area contributed by atoms with Crippen LogP contribution in [0.4, 0.5) is 9.59 Å². The van der Waals surface area contributed by atoms with Crippen LogP contribution in [0.5, 0.6) is 0 Å². The molecule has 2 heterocycles. The molecule has 1 N–H and O–H groups in total. The van der Waals surface area contributed by atoms with Gasteiger partial charge in [0.05, 0.1) is 0 Å². The lowest BCUT2D eigenvalue weighted by Crippen LogP contribution is -2.55. The van der Waals surface area contributed by atoms with Crippen molar-refractivity contribution < 1.29 is 19.2 Å². The molecule has 0 radical (unpaired) electrons. The Kier molecular flexibility index (Phi) is 7.32. The molecule has 25 heavy (non-hydrogen) atoms. The first kappa shape index (κ1) is 18.8. The molecule has 9 nitrogen and oxygen atoms in total. The predicted molar refractivity (Wildman–Crippen MR) is 88.1 cm³/mol. The molecule has 2 unspecified atom stereocenters. The highest BCUT2D eigenvalue weighted by atomic mass is 16.2. The third kappa shape index (κ3) is 5.24. The Morgan fingerprint density at radius 2 is 1.52 bits per heavy atom. The summed E-state index contributed by atoms with van der Waals surface area (Å²) in [6.07, 6.45) is 7.09. The highest BCUT2D eigenvalue weighted by molar-refractivity contribution is 5.94. The van der Waals surface area contributed by atoms with Crippen molar-refractivity contribution in [2.75, 3.05) is 13.1 Å². The van der Waals surface area contributed by atoms with Gasteiger partial charge in [0.15, 0.2) is 0 Å². The molecule has 2 saturated heterocycles. The van der Waals surface area contributed by atoms with Gasteiger partial charge in [-0.05, 0) is 38.5 Å². The summed E-state index contributed by atoms with van der Waals surface area (Å²) in [6, 6.07) is -1.18. The van der Waals surface area contributed by atoms with Crippen LogP contribution in [0.25, 0.3) is 0 Å². The first-order valence-corrected chi connectivity index (χ1v) is 8.70. The van der Waals surface area contributed by atoms with Crippen LogP contribution >= 0.6 is 0 Å². The van der Waals surface area contributed by atoms with E-state index in [4.69, 9.17) is 0 Å². The summed E-state index contributed by atoms with van der Waals surface area (Å²) < 4.78 is 0. The predicted octanol–water partition coefficient (Wildman–Crippen LogP) is 1.89. The normalized spacial score (nSPS) is 25.9. The van der Waals surface area contributed by atoms with Crippen molar-refractivity contribution in [2.45, 2.75) is 63.7 Å². The minimum Gasteiger partial charge on any atom is -0.324 e. The molecule has 2 fully saturated rings. The number of hydrogen-bond donors (Lipinski definition) is 1. The molecular weight excluding hydrogens is 326 g/mol. The van der Waals surface area contributed by atoms with E-state index >= 15 is 0 Å². The Labute approximate surface area is 146 Å². The van der Waals surface area contributed by atoms with E-state index in [9.17, 15) is 19.2 Å². The lowest BCUT2D eigenvalue weighted by atomic mass is 10.1. The number of nitrogens with one attached hydrogen (secondary N) is 1. The molecule has 136 valence electrons. The Hall–Kier alpha value is -2.50. The van der Waals surface area contributed by atoms with Gasteiger partial charge in [0.1, 0.15) is 12.3 Å². The van der Waals surface area contributed by atoms with Crippen molar-refractivity contribution in [2.24, 2.45) is 9.98 Å². The number of aliphatic imine (C=N–C) groups is 2. The first-order chi connectivity index (χ1) is 12.2. The van der Waals surface area contributed by atoms with E-state index in [1.165, 1.54) is 12.2 Å². The van der Waals surface area contributed by atoms with Crippen LogP contribution in [0.2, 0.25) is 0 Å². The third-order valence-electron chi connectivity index (χ3n) is 4.49. The number of fused-ring (bicyclic) bond motifs is 2. The molecule has 9 heteroatoms. The fourth-order valence-corrected chi connectivity index (χ4v) is 3.19. The number of carbonyl (C=O) groups excluding carboxylic acids is 4. The molecule has 2 bridgehead atoms. The molecule has 4 amide bonds. The van der Waals surface area contributed by atoms with Crippen molar-refractivity contribution >= 4 is 24.2 Å². The van der Waals surface area contributed by atoms with Gasteiger partial charge in [-0.1, -0.05) is 12.8 Å². The SMILES string of the molecule is O=C=NC1CCCCCN2CCCCCC(N=C=O)N(C(=O)N1)C2=O. The van der Waals surface area contributed by atoms with E-state index in [0.29, 0.717) is 25.9 Å². The van der Waals surface area contributed by atoms with Crippen LogP contribution in [0, 0.1) is 0 Å². The summed E-state index contributed by atoms with van der Waals surface area (Å²) in [5.74, 6) is 0. The van der Waals surface area contributed by atoms with Gasteiger partial charge in [-0.3, -0.25) is 0 Å². The minimum atomic E-state index is -0.896. The van der Waals surface area contributed by atoms with Crippen LogP contribution in [-0.2, 0) is 9.59 Å². The van der Waals surface area contributed by atoms with Crippen molar-refractivity contribution in [3.8, 4) is 0 Å². The number of isocyanates is 2. The number of nitrogens with zero attached hydrogens (tertiary/aromatic N) is 4. The molecule has 0 aliphatic carbocycles. The van der Waals surface area contributed by atoms with Crippen molar-refractivity contribution in [3.63, 3.8) is 0 Å². The topological polar surface area (TPSA) is 112 Å². The van der Waals surface area contributed by atoms with Gasteiger partial charge < -0.3 is 10.2 Å². The summed E-state index contributed by atoms with van der Waals surface area (Å²) in [6.45, 7) is 1.11. The smallest absolute Gasteiger partial charge is 0.324 e. The zero-order chi connectivity index (χ0) is 18.1. The third-order valence-corrected chi connectivity index (χ3v) is 4.49. The van der Waals surface area contributed by atoms with Crippen LogP contribution in [0.1, 0.15) is 51.4 Å². The number of hydrogen-bond acceptors (Lipinski definition) is 6. The second-order valence-corrected chi connectivity index (χ2v) is 6.22. The van der Waals surface area contributed by atoms with Gasteiger partial charge in [-0.2, -0.15) is 9.98 Å². The Balaban J connectivity index is 2.36. The Morgan fingerprint density at radius 3 is 2.16 bits per heavy atom. The van der Waals surface area contributed by atoms with Gasteiger partial charge in [0.2, 0.25) is 12.2 Å². The van der Waals surface area contributed by atoms with E-state index in [1.54, 1.807) is 4.90 Å². The molecule has 0 spiro atoms. The van der Waals surface area contributed by atoms with E-state index in [2.05, 4.69) is 15.3 Å². The van der Waals surface area contributed by atoms with Gasteiger partial charge in [0.25, 0.3) is 0 Å². The second-order valence-electron chi connectivity index (χ2n) is 6.22. The number of carbonyl (C=O) groups is 2. The van der Waals surface area contributed by atoms with Gasteiger partial charge in [-0.15, -0.1) is 0 Å². The number of amides is 4. The molecule has 2 rings (SSSR count). The number of rotatable bonds is 2. The van der Waals surface area contributed by atoms with E-state index in [-0.39, 0.29) is 0 Å². The lowest BCUT2D eigenvalue weighted by Gasteiger charge is -2.31. The molecule has 2 aliphatic heterocycles. The summed E-state index contributed by atoms with van der Waals surface area (Å²) >= 11 is 0. The molecule has 0 aromatic heterocycles. The molecule has 0 aromatic carbocycles. The van der Waals surface area contributed by atoms with Gasteiger partial charge in [-0.25, -0.2) is 24.1 Å². The van der Waals surface area contributed by atoms with E-state index < -0.39 is 24.4 Å². The van der Waals surface area contributed by atoms with Gasteiger partial charge in [0, 0.05) is 13.1 Å². The average molecular weight is 349 g/mol. The number of imide groups is 1. The molecule has 2 aliphatic rings. The molecular formula is C16H23N5O4. The molecule has 2 atom stereocenters. The summed E-state index contributed by atoms with van der Waals surface area (Å²) in [4.78, 5) is 56.9. The van der Waals surface area contributed by atoms with Gasteiger partial charge >= 0.3 is 12.1 Å². The van der Waals surface area contributed by atoms with Crippen LogP contribution in [-0.4, -0.2) is 59.4 Å². The lowest BCUT2D eigenvalue weighted by molar-refractivity contribution is 0.139. The second kappa shape index (κ2) is 9.71.